The maximum atomic E-state index is 5.44. The molecule has 0 bridgehead atoms. The zero-order valence-corrected chi connectivity index (χ0v) is 14.9. The SMILES string of the molecule is COc1cc2cc(C)nc(C=Cc3ccc4c(c3)OCO4)c2cc1OC. The summed E-state index contributed by atoms with van der Waals surface area (Å²) in [7, 11) is 3.27. The topological polar surface area (TPSA) is 49.8 Å². The number of ether oxygens (including phenoxy) is 4. The van der Waals surface area contributed by atoms with Gasteiger partial charge in [0.1, 0.15) is 0 Å². The monoisotopic (exact) mass is 349 g/mol. The number of fused-ring (bicyclic) bond motifs is 2. The molecule has 2 aromatic carbocycles. The van der Waals surface area contributed by atoms with E-state index in [4.69, 9.17) is 18.9 Å². The first-order chi connectivity index (χ1) is 12.7. The van der Waals surface area contributed by atoms with E-state index in [0.29, 0.717) is 11.5 Å². The van der Waals surface area contributed by atoms with Crippen molar-refractivity contribution in [2.45, 2.75) is 6.92 Å². The summed E-state index contributed by atoms with van der Waals surface area (Å²) in [4.78, 5) is 4.68. The highest BCUT2D eigenvalue weighted by Gasteiger charge is 2.13. The van der Waals surface area contributed by atoms with E-state index < -0.39 is 0 Å². The minimum atomic E-state index is 0.272. The molecular formula is C21H19NO4. The van der Waals surface area contributed by atoms with E-state index in [1.54, 1.807) is 14.2 Å². The van der Waals surface area contributed by atoms with Crippen LogP contribution in [0.15, 0.2) is 36.4 Å². The average molecular weight is 349 g/mol. The molecule has 0 N–H and O–H groups in total. The van der Waals surface area contributed by atoms with Crippen LogP contribution in [0.4, 0.5) is 0 Å². The van der Waals surface area contributed by atoms with Gasteiger partial charge < -0.3 is 18.9 Å². The van der Waals surface area contributed by atoms with Gasteiger partial charge >= 0.3 is 0 Å². The Labute approximate surface area is 151 Å². The van der Waals surface area contributed by atoms with Crippen LogP contribution in [0.2, 0.25) is 0 Å². The lowest BCUT2D eigenvalue weighted by molar-refractivity contribution is 0.174. The number of aromatic nitrogens is 1. The molecule has 132 valence electrons. The average Bonchev–Trinajstić information content (AvgIpc) is 3.12. The summed E-state index contributed by atoms with van der Waals surface area (Å²) in [5.41, 5.74) is 2.83. The van der Waals surface area contributed by atoms with Crippen molar-refractivity contribution in [1.82, 2.24) is 4.98 Å². The predicted octanol–water partition coefficient (Wildman–Crippen LogP) is 4.46. The lowest BCUT2D eigenvalue weighted by Gasteiger charge is -2.11. The highest BCUT2D eigenvalue weighted by Crippen LogP contribution is 2.35. The Morgan fingerprint density at radius 1 is 0.923 bits per heavy atom. The molecule has 3 aromatic rings. The summed E-state index contributed by atoms with van der Waals surface area (Å²) in [5, 5.41) is 2.06. The van der Waals surface area contributed by atoms with Crippen molar-refractivity contribution in [1.29, 1.82) is 0 Å². The second kappa shape index (κ2) is 6.59. The molecule has 0 unspecified atom stereocenters. The molecule has 5 heteroatoms. The molecule has 0 saturated carbocycles. The van der Waals surface area contributed by atoms with Gasteiger partial charge in [-0.05, 0) is 54.3 Å². The first-order valence-corrected chi connectivity index (χ1v) is 8.29. The molecule has 0 spiro atoms. The van der Waals surface area contributed by atoms with Gasteiger partial charge in [0.2, 0.25) is 6.79 Å². The zero-order chi connectivity index (χ0) is 18.1. The maximum absolute atomic E-state index is 5.44. The van der Waals surface area contributed by atoms with E-state index in [1.807, 2.05) is 55.5 Å². The highest BCUT2D eigenvalue weighted by atomic mass is 16.7. The Kier molecular flexibility index (Phi) is 4.13. The summed E-state index contributed by atoms with van der Waals surface area (Å²) in [6.45, 7) is 2.25. The second-order valence-corrected chi connectivity index (χ2v) is 6.02. The van der Waals surface area contributed by atoms with Crippen molar-refractivity contribution in [3.63, 3.8) is 0 Å². The van der Waals surface area contributed by atoms with E-state index in [-0.39, 0.29) is 6.79 Å². The highest BCUT2D eigenvalue weighted by molar-refractivity contribution is 5.94. The Morgan fingerprint density at radius 2 is 1.69 bits per heavy atom. The van der Waals surface area contributed by atoms with Gasteiger partial charge in [-0.1, -0.05) is 12.1 Å². The van der Waals surface area contributed by atoms with Gasteiger partial charge in [-0.2, -0.15) is 0 Å². The minimum absolute atomic E-state index is 0.272. The number of hydrogen-bond acceptors (Lipinski definition) is 5. The smallest absolute Gasteiger partial charge is 0.231 e. The summed E-state index contributed by atoms with van der Waals surface area (Å²) < 4.78 is 21.6. The number of hydrogen-bond donors (Lipinski definition) is 0. The molecule has 0 amide bonds. The van der Waals surface area contributed by atoms with Crippen LogP contribution in [0.5, 0.6) is 23.0 Å². The van der Waals surface area contributed by atoms with Crippen molar-refractivity contribution >= 4 is 22.9 Å². The molecule has 1 aliphatic rings. The lowest BCUT2D eigenvalue weighted by atomic mass is 10.1. The van der Waals surface area contributed by atoms with Crippen LogP contribution < -0.4 is 18.9 Å². The van der Waals surface area contributed by atoms with Gasteiger partial charge in [0.05, 0.1) is 19.9 Å². The number of pyridine rings is 1. The quantitative estimate of drug-likeness (QED) is 0.696. The fraction of sp³-hybridized carbons (Fsp3) is 0.190. The van der Waals surface area contributed by atoms with Crippen LogP contribution in [0.3, 0.4) is 0 Å². The molecule has 0 atom stereocenters. The first kappa shape index (κ1) is 16.3. The molecule has 1 aliphatic heterocycles. The maximum Gasteiger partial charge on any atom is 0.231 e. The fourth-order valence-corrected chi connectivity index (χ4v) is 3.06. The van der Waals surface area contributed by atoms with Gasteiger partial charge in [0.15, 0.2) is 23.0 Å². The van der Waals surface area contributed by atoms with Crippen LogP contribution in [0, 0.1) is 6.92 Å². The summed E-state index contributed by atoms with van der Waals surface area (Å²) in [6, 6.07) is 11.8. The Balaban J connectivity index is 1.77. The van der Waals surface area contributed by atoms with Crippen LogP contribution >= 0.6 is 0 Å². The van der Waals surface area contributed by atoms with Crippen LogP contribution in [0.1, 0.15) is 17.0 Å². The second-order valence-electron chi connectivity index (χ2n) is 6.02. The largest absolute Gasteiger partial charge is 0.493 e. The van der Waals surface area contributed by atoms with Crippen LogP contribution in [0.25, 0.3) is 22.9 Å². The number of nitrogens with zero attached hydrogens (tertiary/aromatic N) is 1. The molecule has 4 rings (SSSR count). The minimum Gasteiger partial charge on any atom is -0.493 e. The van der Waals surface area contributed by atoms with Gasteiger partial charge in [-0.25, -0.2) is 0 Å². The van der Waals surface area contributed by atoms with Crippen molar-refractivity contribution in [3.05, 3.63) is 53.3 Å². The third kappa shape index (κ3) is 2.92. The van der Waals surface area contributed by atoms with Crippen LogP contribution in [-0.4, -0.2) is 26.0 Å². The van der Waals surface area contributed by atoms with Crippen molar-refractivity contribution in [2.24, 2.45) is 0 Å². The molecular weight excluding hydrogens is 330 g/mol. The van der Waals surface area contributed by atoms with Crippen LogP contribution in [-0.2, 0) is 0 Å². The van der Waals surface area contributed by atoms with E-state index in [0.717, 1.165) is 39.2 Å². The molecule has 0 fully saturated rings. The van der Waals surface area contributed by atoms with E-state index in [9.17, 15) is 0 Å². The fourth-order valence-electron chi connectivity index (χ4n) is 3.06. The molecule has 0 radical (unpaired) electrons. The summed E-state index contributed by atoms with van der Waals surface area (Å²) >= 11 is 0. The van der Waals surface area contributed by atoms with E-state index >= 15 is 0 Å². The molecule has 2 heterocycles. The standard InChI is InChI=1S/C21H19NO4/c1-13-8-15-10-19(23-2)20(24-3)11-16(15)17(22-13)6-4-14-5-7-18-21(9-14)26-12-25-18/h4-11H,12H2,1-3H3. The first-order valence-electron chi connectivity index (χ1n) is 8.29. The van der Waals surface area contributed by atoms with E-state index in [1.165, 1.54) is 0 Å². The van der Waals surface area contributed by atoms with Crippen molar-refractivity contribution in [3.8, 4) is 23.0 Å². The summed E-state index contributed by atoms with van der Waals surface area (Å²) in [5.74, 6) is 2.93. The number of aryl methyl sites for hydroxylation is 1. The van der Waals surface area contributed by atoms with Gasteiger partial charge in [-0.15, -0.1) is 0 Å². The molecule has 1 aromatic heterocycles. The molecule has 0 saturated heterocycles. The summed E-state index contributed by atoms with van der Waals surface area (Å²) in [6.07, 6.45) is 4.01. The van der Waals surface area contributed by atoms with Crippen molar-refractivity contribution < 1.29 is 18.9 Å². The normalized spacial score (nSPS) is 12.7. The number of rotatable bonds is 4. The molecule has 0 aliphatic carbocycles. The Bertz CT molecular complexity index is 1010. The van der Waals surface area contributed by atoms with E-state index in [2.05, 4.69) is 4.98 Å². The van der Waals surface area contributed by atoms with Gasteiger partial charge in [0.25, 0.3) is 0 Å². The van der Waals surface area contributed by atoms with Crippen molar-refractivity contribution in [2.75, 3.05) is 21.0 Å². The lowest BCUT2D eigenvalue weighted by Crippen LogP contribution is -1.94. The molecule has 26 heavy (non-hydrogen) atoms. The van der Waals surface area contributed by atoms with Gasteiger partial charge in [0, 0.05) is 11.1 Å². The number of benzene rings is 2. The molecule has 5 nitrogen and oxygen atoms in total. The predicted molar refractivity (Wildman–Crippen MR) is 101 cm³/mol. The third-order valence-corrected chi connectivity index (χ3v) is 4.32. The zero-order valence-electron chi connectivity index (χ0n) is 14.9. The Hall–Kier alpha value is -3.21. The Morgan fingerprint density at radius 3 is 2.50 bits per heavy atom. The third-order valence-electron chi connectivity index (χ3n) is 4.32. The number of methoxy groups -OCH3 is 2. The van der Waals surface area contributed by atoms with Gasteiger partial charge in [-0.3, -0.25) is 4.98 Å².